The molecule has 0 amide bonds. The van der Waals surface area contributed by atoms with Gasteiger partial charge < -0.3 is 24.8 Å². The van der Waals surface area contributed by atoms with E-state index in [9.17, 15) is 29.7 Å². The molecular formula is C29H42O8. The molecule has 2 fully saturated rings. The van der Waals surface area contributed by atoms with Crippen molar-refractivity contribution < 1.29 is 39.2 Å². The highest BCUT2D eigenvalue weighted by molar-refractivity contribution is 6.04. The normalized spacial score (nSPS) is 41.6. The van der Waals surface area contributed by atoms with Gasteiger partial charge in [0, 0.05) is 48.3 Å². The average Bonchev–Trinajstić information content (AvgIpc) is 3.22. The Bertz CT molecular complexity index is 1060. The first-order chi connectivity index (χ1) is 17.1. The third kappa shape index (κ3) is 3.77. The number of carbonyl (C=O) groups excluding carboxylic acids is 3. The minimum absolute atomic E-state index is 0.0416. The zero-order chi connectivity index (χ0) is 27.7. The number of carbonyl (C=O) groups is 3. The summed E-state index contributed by atoms with van der Waals surface area (Å²) < 4.78 is 12.3. The van der Waals surface area contributed by atoms with Crippen LogP contribution in [0.3, 0.4) is 0 Å². The van der Waals surface area contributed by atoms with Gasteiger partial charge in [0.1, 0.15) is 11.7 Å². The Balaban J connectivity index is 1.91. The van der Waals surface area contributed by atoms with Crippen molar-refractivity contribution in [2.45, 2.75) is 97.1 Å². The molecule has 0 bridgehead atoms. The molecule has 0 aromatic heterocycles. The van der Waals surface area contributed by atoms with Crippen LogP contribution >= 0.6 is 0 Å². The molecule has 0 aliphatic heterocycles. The number of ketones is 1. The van der Waals surface area contributed by atoms with Crippen LogP contribution in [-0.2, 0) is 23.9 Å². The van der Waals surface area contributed by atoms with Crippen LogP contribution in [0.2, 0.25) is 0 Å². The van der Waals surface area contributed by atoms with E-state index < -0.39 is 69.7 Å². The van der Waals surface area contributed by atoms with E-state index in [1.165, 1.54) is 0 Å². The van der Waals surface area contributed by atoms with E-state index >= 15 is 0 Å². The van der Waals surface area contributed by atoms with Crippen LogP contribution in [0, 0.1) is 35.0 Å². The number of Topliss-reactive ketones (excluding diaryl/α,β-unsaturated/α-hetero) is 1. The summed E-state index contributed by atoms with van der Waals surface area (Å²) in [5.74, 6) is -4.21. The molecule has 206 valence electrons. The summed E-state index contributed by atoms with van der Waals surface area (Å²) in [4.78, 5) is 39.1. The maximum atomic E-state index is 13.2. The summed E-state index contributed by atoms with van der Waals surface area (Å²) in [5.41, 5.74) is -4.72. The monoisotopic (exact) mass is 518 g/mol. The van der Waals surface area contributed by atoms with Gasteiger partial charge in [-0.2, -0.15) is 0 Å². The second-order valence-corrected chi connectivity index (χ2v) is 12.7. The molecule has 2 saturated carbocycles. The number of aliphatic hydroxyl groups is 3. The van der Waals surface area contributed by atoms with Gasteiger partial charge in [0.05, 0.1) is 12.2 Å². The van der Waals surface area contributed by atoms with E-state index in [-0.39, 0.29) is 31.8 Å². The van der Waals surface area contributed by atoms with Crippen LogP contribution in [0.1, 0.15) is 74.1 Å². The summed E-state index contributed by atoms with van der Waals surface area (Å²) in [6.45, 7) is 12.5. The number of fused-ring (bicyclic) bond motifs is 5. The largest absolute Gasteiger partial charge is 0.458 e. The molecular weight excluding hydrogens is 476 g/mol. The third-order valence-electron chi connectivity index (χ3n) is 9.53. The van der Waals surface area contributed by atoms with Crippen molar-refractivity contribution in [3.8, 4) is 0 Å². The number of hydrogen-bond acceptors (Lipinski definition) is 8. The molecule has 4 rings (SSSR count). The van der Waals surface area contributed by atoms with Crippen molar-refractivity contribution in [2.24, 2.45) is 35.0 Å². The lowest BCUT2D eigenvalue weighted by Crippen LogP contribution is -2.66. The Morgan fingerprint density at radius 3 is 2.38 bits per heavy atom. The summed E-state index contributed by atoms with van der Waals surface area (Å²) in [6.07, 6.45) is 3.25. The molecule has 0 spiro atoms. The lowest BCUT2D eigenvalue weighted by Gasteiger charge is -2.53. The molecule has 8 heteroatoms. The lowest BCUT2D eigenvalue weighted by atomic mass is 9.59. The minimum atomic E-state index is -1.93. The van der Waals surface area contributed by atoms with E-state index in [0.29, 0.717) is 17.6 Å². The zero-order valence-corrected chi connectivity index (χ0v) is 23.0. The summed E-state index contributed by atoms with van der Waals surface area (Å²) >= 11 is 0. The highest BCUT2D eigenvalue weighted by Gasteiger charge is 2.87. The van der Waals surface area contributed by atoms with Crippen LogP contribution in [0.4, 0.5) is 0 Å². The van der Waals surface area contributed by atoms with Gasteiger partial charge in [-0.1, -0.05) is 53.7 Å². The third-order valence-corrected chi connectivity index (χ3v) is 9.53. The van der Waals surface area contributed by atoms with E-state index in [1.807, 2.05) is 34.6 Å². The molecule has 0 heterocycles. The molecule has 0 aromatic carbocycles. The number of hydrogen-bond donors (Lipinski definition) is 3. The van der Waals surface area contributed by atoms with Gasteiger partial charge >= 0.3 is 11.9 Å². The highest BCUT2D eigenvalue weighted by Crippen LogP contribution is 2.77. The van der Waals surface area contributed by atoms with Crippen LogP contribution in [0.15, 0.2) is 23.3 Å². The fourth-order valence-electron chi connectivity index (χ4n) is 7.79. The standard InChI is InChI=1S/C29H42O8/c1-8-9-21(31)37-29-23(26(29,6)7)19-12-18(14-30)13-27(34)20(11-16(4)24(27)33)28(19,35)17(5)25(29)36-22(32)10-15(2)3/h11-12,15,17,19-20,23,25,30,34-35H,8-10,13-14H2,1-7H3/t17-,19+,20-,23-,25-,27-,28-,29-/m1/s1. The van der Waals surface area contributed by atoms with E-state index in [2.05, 4.69) is 0 Å². The van der Waals surface area contributed by atoms with Crippen LogP contribution in [0.25, 0.3) is 0 Å². The molecule has 8 nitrogen and oxygen atoms in total. The maximum absolute atomic E-state index is 13.2. The molecule has 8 atom stereocenters. The summed E-state index contributed by atoms with van der Waals surface area (Å²) in [7, 11) is 0. The predicted octanol–water partition coefficient (Wildman–Crippen LogP) is 2.88. The summed E-state index contributed by atoms with van der Waals surface area (Å²) in [6, 6.07) is 0. The van der Waals surface area contributed by atoms with E-state index in [1.54, 1.807) is 26.0 Å². The Kier molecular flexibility index (Phi) is 6.83. The second-order valence-electron chi connectivity index (χ2n) is 12.7. The number of ether oxygens (including phenoxy) is 2. The first-order valence-electron chi connectivity index (χ1n) is 13.5. The number of rotatable bonds is 7. The maximum Gasteiger partial charge on any atom is 0.306 e. The van der Waals surface area contributed by atoms with Gasteiger partial charge in [0.2, 0.25) is 0 Å². The van der Waals surface area contributed by atoms with Crippen molar-refractivity contribution in [2.75, 3.05) is 6.61 Å². The van der Waals surface area contributed by atoms with Crippen molar-refractivity contribution in [3.63, 3.8) is 0 Å². The smallest absolute Gasteiger partial charge is 0.306 e. The van der Waals surface area contributed by atoms with Gasteiger partial charge in [-0.05, 0) is 30.4 Å². The topological polar surface area (TPSA) is 130 Å². The lowest BCUT2D eigenvalue weighted by molar-refractivity contribution is -0.229. The second kappa shape index (κ2) is 9.02. The van der Waals surface area contributed by atoms with Crippen LogP contribution in [0.5, 0.6) is 0 Å². The summed E-state index contributed by atoms with van der Waals surface area (Å²) in [5, 5.41) is 34.6. The van der Waals surface area contributed by atoms with Crippen molar-refractivity contribution in [1.29, 1.82) is 0 Å². The van der Waals surface area contributed by atoms with Crippen molar-refractivity contribution in [3.05, 3.63) is 23.3 Å². The SMILES string of the molecule is CCCC(=O)O[C@@]12[C@H](OC(=O)CC(C)C)[C@@H](C)[C@@]3(O)[C@@H](C=C(CO)C[C@]4(O)C(=O)C(C)=C[C@@H]34)[C@@H]1C2(C)C. The first-order valence-corrected chi connectivity index (χ1v) is 13.5. The Morgan fingerprint density at radius 1 is 1.16 bits per heavy atom. The molecule has 0 aromatic rings. The Hall–Kier alpha value is -2.03. The Labute approximate surface area is 219 Å². The zero-order valence-electron chi connectivity index (χ0n) is 23.0. The van der Waals surface area contributed by atoms with Crippen LogP contribution in [-0.4, -0.2) is 62.6 Å². The number of aliphatic hydroxyl groups excluding tert-OH is 1. The fourth-order valence-corrected chi connectivity index (χ4v) is 7.79. The Morgan fingerprint density at radius 2 is 1.81 bits per heavy atom. The molecule has 3 N–H and O–H groups in total. The van der Waals surface area contributed by atoms with Crippen molar-refractivity contribution >= 4 is 17.7 Å². The molecule has 4 aliphatic rings. The van der Waals surface area contributed by atoms with Gasteiger partial charge in [-0.25, -0.2) is 0 Å². The minimum Gasteiger partial charge on any atom is -0.458 e. The molecule has 0 saturated heterocycles. The fraction of sp³-hybridized carbons (Fsp3) is 0.759. The first kappa shape index (κ1) is 28.0. The van der Waals surface area contributed by atoms with Gasteiger partial charge in [0.25, 0.3) is 0 Å². The van der Waals surface area contributed by atoms with Crippen molar-refractivity contribution in [1.82, 2.24) is 0 Å². The molecule has 0 radical (unpaired) electrons. The van der Waals surface area contributed by atoms with E-state index in [0.717, 1.165) is 0 Å². The van der Waals surface area contributed by atoms with Crippen LogP contribution < -0.4 is 0 Å². The average molecular weight is 519 g/mol. The molecule has 0 unspecified atom stereocenters. The molecule has 4 aliphatic carbocycles. The molecule has 37 heavy (non-hydrogen) atoms. The quantitative estimate of drug-likeness (QED) is 0.346. The van der Waals surface area contributed by atoms with Gasteiger partial charge in [-0.3, -0.25) is 14.4 Å². The van der Waals surface area contributed by atoms with Gasteiger partial charge in [0.15, 0.2) is 11.4 Å². The number of esters is 2. The van der Waals surface area contributed by atoms with E-state index in [4.69, 9.17) is 9.47 Å². The predicted molar refractivity (Wildman–Crippen MR) is 135 cm³/mol. The van der Waals surface area contributed by atoms with Gasteiger partial charge in [-0.15, -0.1) is 0 Å². The highest BCUT2D eigenvalue weighted by atomic mass is 16.6.